The molecule has 9 heteroatoms. The number of carbonyl (C=O) groups is 1. The third kappa shape index (κ3) is 4.03. The highest BCUT2D eigenvalue weighted by Gasteiger charge is 2.24. The van der Waals surface area contributed by atoms with Crippen LogP contribution >= 0.6 is 0 Å². The van der Waals surface area contributed by atoms with E-state index in [1.807, 2.05) is 0 Å². The number of aromatic amines is 1. The number of amides is 1. The van der Waals surface area contributed by atoms with Gasteiger partial charge in [0.2, 0.25) is 0 Å². The van der Waals surface area contributed by atoms with E-state index < -0.39 is 0 Å². The molecule has 0 radical (unpaired) electrons. The Balaban J connectivity index is 1.38. The first kappa shape index (κ1) is 18.9. The molecular formula is C20H21FN6O2. The molecule has 1 aromatic carbocycles. The van der Waals surface area contributed by atoms with Crippen LogP contribution in [0.25, 0.3) is 11.3 Å². The van der Waals surface area contributed by atoms with E-state index in [0.717, 1.165) is 25.2 Å². The molecule has 150 valence electrons. The number of benzene rings is 1. The number of hydrogen-bond donors (Lipinski definition) is 2. The van der Waals surface area contributed by atoms with E-state index in [4.69, 9.17) is 0 Å². The number of hydrogen-bond acceptors (Lipinski definition) is 5. The SMILES string of the molecule is Cn1ncc(N2CC[C@H](CNC(=O)c3cn[nH]c3-c3cccc(F)c3)C2)cc1=O. The van der Waals surface area contributed by atoms with Gasteiger partial charge in [-0.2, -0.15) is 10.2 Å². The molecule has 3 aromatic rings. The molecule has 0 aliphatic carbocycles. The zero-order valence-electron chi connectivity index (χ0n) is 15.9. The van der Waals surface area contributed by atoms with Gasteiger partial charge in [-0.05, 0) is 24.5 Å². The number of H-pyrrole nitrogens is 1. The Bertz CT molecular complexity index is 1090. The summed E-state index contributed by atoms with van der Waals surface area (Å²) >= 11 is 0. The second-order valence-corrected chi connectivity index (χ2v) is 7.16. The summed E-state index contributed by atoms with van der Waals surface area (Å²) in [6, 6.07) is 7.60. The fourth-order valence-corrected chi connectivity index (χ4v) is 3.52. The molecule has 1 aliphatic heterocycles. The average Bonchev–Trinajstić information content (AvgIpc) is 3.38. The van der Waals surface area contributed by atoms with E-state index in [1.165, 1.54) is 23.0 Å². The van der Waals surface area contributed by atoms with Crippen LogP contribution in [0.5, 0.6) is 0 Å². The second kappa shape index (κ2) is 7.86. The molecule has 1 aliphatic rings. The summed E-state index contributed by atoms with van der Waals surface area (Å²) in [5.41, 5.74) is 2.08. The van der Waals surface area contributed by atoms with Crippen molar-refractivity contribution in [2.45, 2.75) is 6.42 Å². The summed E-state index contributed by atoms with van der Waals surface area (Å²) in [7, 11) is 1.61. The number of nitrogens with zero attached hydrogens (tertiary/aromatic N) is 4. The van der Waals surface area contributed by atoms with Crippen molar-refractivity contribution in [1.29, 1.82) is 0 Å². The minimum Gasteiger partial charge on any atom is -0.370 e. The summed E-state index contributed by atoms with van der Waals surface area (Å²) in [6.45, 7) is 2.04. The molecule has 3 heterocycles. The zero-order valence-corrected chi connectivity index (χ0v) is 15.9. The van der Waals surface area contributed by atoms with Gasteiger partial charge in [0.25, 0.3) is 11.5 Å². The number of aromatic nitrogens is 4. The van der Waals surface area contributed by atoms with Gasteiger partial charge in [0, 0.05) is 38.3 Å². The number of nitrogens with one attached hydrogen (secondary N) is 2. The number of carbonyl (C=O) groups excluding carboxylic acids is 1. The molecule has 8 nitrogen and oxygen atoms in total. The Morgan fingerprint density at radius 1 is 1.34 bits per heavy atom. The lowest BCUT2D eigenvalue weighted by molar-refractivity contribution is 0.0949. The van der Waals surface area contributed by atoms with Gasteiger partial charge in [0.15, 0.2) is 0 Å². The van der Waals surface area contributed by atoms with Gasteiger partial charge in [0.05, 0.1) is 29.3 Å². The highest BCUT2D eigenvalue weighted by Crippen LogP contribution is 2.23. The lowest BCUT2D eigenvalue weighted by Gasteiger charge is -2.18. The molecule has 2 N–H and O–H groups in total. The van der Waals surface area contributed by atoms with Crippen LogP contribution in [-0.4, -0.2) is 45.5 Å². The van der Waals surface area contributed by atoms with Gasteiger partial charge < -0.3 is 10.2 Å². The quantitative estimate of drug-likeness (QED) is 0.683. The van der Waals surface area contributed by atoms with Crippen LogP contribution in [0.2, 0.25) is 0 Å². The van der Waals surface area contributed by atoms with E-state index in [1.54, 1.807) is 31.4 Å². The normalized spacial score (nSPS) is 16.2. The topological polar surface area (TPSA) is 95.9 Å². The fourth-order valence-electron chi connectivity index (χ4n) is 3.52. The smallest absolute Gasteiger partial charge is 0.268 e. The lowest BCUT2D eigenvalue weighted by Crippen LogP contribution is -2.31. The van der Waals surface area contributed by atoms with Gasteiger partial charge in [-0.15, -0.1) is 0 Å². The molecule has 4 rings (SSSR count). The summed E-state index contributed by atoms with van der Waals surface area (Å²) < 4.78 is 14.8. The van der Waals surface area contributed by atoms with Crippen LogP contribution < -0.4 is 15.8 Å². The standard InChI is InChI=1S/C20H21FN6O2/c1-26-18(28)8-16(10-24-26)27-6-5-13(12-27)9-22-20(29)17-11-23-25-19(17)14-3-2-4-15(21)7-14/h2-4,7-8,10-11,13H,5-6,9,12H2,1H3,(H,22,29)(H,23,25)/t13-/m1/s1. The first-order chi connectivity index (χ1) is 14.0. The van der Waals surface area contributed by atoms with E-state index in [9.17, 15) is 14.0 Å². The van der Waals surface area contributed by atoms with Gasteiger partial charge in [-0.3, -0.25) is 14.7 Å². The molecule has 0 bridgehead atoms. The Morgan fingerprint density at radius 2 is 2.21 bits per heavy atom. The predicted molar refractivity (Wildman–Crippen MR) is 106 cm³/mol. The van der Waals surface area contributed by atoms with Crippen LogP contribution in [0.3, 0.4) is 0 Å². The van der Waals surface area contributed by atoms with Crippen LogP contribution in [0.15, 0.2) is 47.5 Å². The van der Waals surface area contributed by atoms with Gasteiger partial charge in [0.1, 0.15) is 5.82 Å². The maximum atomic E-state index is 13.5. The van der Waals surface area contributed by atoms with E-state index in [-0.39, 0.29) is 23.2 Å². The molecular weight excluding hydrogens is 375 g/mol. The Labute approximate surface area is 166 Å². The van der Waals surface area contributed by atoms with Crippen LogP contribution in [0, 0.1) is 11.7 Å². The maximum Gasteiger partial charge on any atom is 0.268 e. The lowest BCUT2D eigenvalue weighted by atomic mass is 10.1. The average molecular weight is 396 g/mol. The molecule has 1 saturated heterocycles. The number of anilines is 1. The third-order valence-electron chi connectivity index (χ3n) is 5.15. The van der Waals surface area contributed by atoms with Gasteiger partial charge in [-0.25, -0.2) is 9.07 Å². The van der Waals surface area contributed by atoms with Crippen molar-refractivity contribution in [1.82, 2.24) is 25.3 Å². The maximum absolute atomic E-state index is 13.5. The van der Waals surface area contributed by atoms with Crippen LogP contribution in [0.1, 0.15) is 16.8 Å². The van der Waals surface area contributed by atoms with Crippen molar-refractivity contribution in [3.05, 3.63) is 64.5 Å². The molecule has 1 atom stereocenters. The number of aryl methyl sites for hydroxylation is 1. The Hall–Kier alpha value is -3.49. The zero-order chi connectivity index (χ0) is 20.4. The largest absolute Gasteiger partial charge is 0.370 e. The van der Waals surface area contributed by atoms with Crippen molar-refractivity contribution in [2.75, 3.05) is 24.5 Å². The van der Waals surface area contributed by atoms with E-state index >= 15 is 0 Å². The van der Waals surface area contributed by atoms with Crippen molar-refractivity contribution in [3.63, 3.8) is 0 Å². The fraction of sp³-hybridized carbons (Fsp3) is 0.300. The van der Waals surface area contributed by atoms with E-state index in [0.29, 0.717) is 23.4 Å². The first-order valence-corrected chi connectivity index (χ1v) is 9.37. The Morgan fingerprint density at radius 3 is 3.00 bits per heavy atom. The van der Waals surface area contributed by atoms with Gasteiger partial charge in [-0.1, -0.05) is 12.1 Å². The highest BCUT2D eigenvalue weighted by atomic mass is 19.1. The molecule has 0 spiro atoms. The van der Waals surface area contributed by atoms with Crippen LogP contribution in [0.4, 0.5) is 10.1 Å². The predicted octanol–water partition coefficient (Wildman–Crippen LogP) is 1.57. The summed E-state index contributed by atoms with van der Waals surface area (Å²) in [4.78, 5) is 26.5. The molecule has 1 fully saturated rings. The van der Waals surface area contributed by atoms with Crippen molar-refractivity contribution >= 4 is 11.6 Å². The number of halogens is 1. The summed E-state index contributed by atoms with van der Waals surface area (Å²) in [5, 5.41) is 13.7. The van der Waals surface area contributed by atoms with Crippen molar-refractivity contribution < 1.29 is 9.18 Å². The molecule has 1 amide bonds. The second-order valence-electron chi connectivity index (χ2n) is 7.16. The third-order valence-corrected chi connectivity index (χ3v) is 5.15. The van der Waals surface area contributed by atoms with Crippen molar-refractivity contribution in [2.24, 2.45) is 13.0 Å². The van der Waals surface area contributed by atoms with Crippen LogP contribution in [-0.2, 0) is 7.05 Å². The van der Waals surface area contributed by atoms with Gasteiger partial charge >= 0.3 is 0 Å². The monoisotopic (exact) mass is 396 g/mol. The molecule has 0 unspecified atom stereocenters. The summed E-state index contributed by atoms with van der Waals surface area (Å²) in [6.07, 6.45) is 4.03. The molecule has 29 heavy (non-hydrogen) atoms. The van der Waals surface area contributed by atoms with E-state index in [2.05, 4.69) is 25.5 Å². The molecule has 2 aromatic heterocycles. The first-order valence-electron chi connectivity index (χ1n) is 9.37. The van der Waals surface area contributed by atoms with Crippen molar-refractivity contribution in [3.8, 4) is 11.3 Å². The highest BCUT2D eigenvalue weighted by molar-refractivity contribution is 5.99. The minimum absolute atomic E-state index is 0.149. The Kier molecular flexibility index (Phi) is 5.11. The minimum atomic E-state index is -0.375. The molecule has 0 saturated carbocycles. The number of rotatable bonds is 5. The summed E-state index contributed by atoms with van der Waals surface area (Å²) in [5.74, 6) is -0.376.